The number of carbonyl (C=O) groups is 2. The van der Waals surface area contributed by atoms with Gasteiger partial charge >= 0.3 is 5.97 Å². The van der Waals surface area contributed by atoms with Gasteiger partial charge in [-0.3, -0.25) is 4.79 Å². The Balaban J connectivity index is 2.05. The highest BCUT2D eigenvalue weighted by atomic mass is 32.2. The normalized spacial score (nSPS) is 12.0. The maximum Gasteiger partial charge on any atom is 0.341 e. The maximum atomic E-state index is 12.4. The first-order valence-electron chi connectivity index (χ1n) is 8.14. The lowest BCUT2D eigenvalue weighted by Gasteiger charge is -2.16. The number of furan rings is 1. The molecule has 0 fully saturated rings. The number of rotatable bonds is 8. The number of hydrogen-bond donors (Lipinski definition) is 1. The molecule has 0 saturated carbocycles. The number of aromatic nitrogens is 1. The van der Waals surface area contributed by atoms with Crippen molar-refractivity contribution < 1.29 is 18.7 Å². The molecule has 2 aromatic rings. The van der Waals surface area contributed by atoms with E-state index in [2.05, 4.69) is 10.3 Å². The van der Waals surface area contributed by atoms with Gasteiger partial charge in [0.1, 0.15) is 10.8 Å². The van der Waals surface area contributed by atoms with Crippen LogP contribution in [0.2, 0.25) is 0 Å². The fourth-order valence-corrected chi connectivity index (χ4v) is 3.10. The van der Waals surface area contributed by atoms with Gasteiger partial charge < -0.3 is 14.5 Å². The zero-order valence-corrected chi connectivity index (χ0v) is 15.3. The van der Waals surface area contributed by atoms with E-state index in [1.54, 1.807) is 50.6 Å². The molecule has 1 amide bonds. The van der Waals surface area contributed by atoms with Crippen LogP contribution >= 0.6 is 11.8 Å². The van der Waals surface area contributed by atoms with E-state index in [1.807, 2.05) is 6.92 Å². The summed E-state index contributed by atoms with van der Waals surface area (Å²) in [6.45, 7) is 5.82. The molecule has 6 nitrogen and oxygen atoms in total. The number of nitrogens with one attached hydrogen (secondary N) is 1. The fourth-order valence-electron chi connectivity index (χ4n) is 2.08. The second kappa shape index (κ2) is 9.27. The van der Waals surface area contributed by atoms with E-state index < -0.39 is 5.97 Å². The van der Waals surface area contributed by atoms with Crippen LogP contribution in [0.3, 0.4) is 0 Å². The van der Waals surface area contributed by atoms with Gasteiger partial charge in [-0.15, -0.1) is 0 Å². The first kappa shape index (κ1) is 19.1. The monoisotopic (exact) mass is 362 g/mol. The molecular formula is C18H22N2O4S. The molecule has 0 unspecified atom stereocenters. The van der Waals surface area contributed by atoms with Crippen molar-refractivity contribution in [2.75, 3.05) is 0 Å². The zero-order chi connectivity index (χ0) is 18.2. The Kier molecular flexibility index (Phi) is 7.06. The van der Waals surface area contributed by atoms with Crippen molar-refractivity contribution in [2.45, 2.75) is 50.1 Å². The van der Waals surface area contributed by atoms with Crippen LogP contribution in [0.25, 0.3) is 0 Å². The molecule has 0 radical (unpaired) electrons. The lowest BCUT2D eigenvalue weighted by molar-refractivity contribution is -0.120. The topological polar surface area (TPSA) is 81.4 Å². The third kappa shape index (κ3) is 5.63. The predicted molar refractivity (Wildman–Crippen MR) is 95.3 cm³/mol. The van der Waals surface area contributed by atoms with Crippen molar-refractivity contribution >= 4 is 23.6 Å². The minimum Gasteiger partial charge on any atom is -0.467 e. The summed E-state index contributed by atoms with van der Waals surface area (Å²) in [5.74, 6) is 0.126. The molecule has 0 spiro atoms. The van der Waals surface area contributed by atoms with E-state index in [-0.39, 0.29) is 17.3 Å². The van der Waals surface area contributed by atoms with Gasteiger partial charge in [0.25, 0.3) is 0 Å². The summed E-state index contributed by atoms with van der Waals surface area (Å²) < 4.78 is 10.5. The van der Waals surface area contributed by atoms with Gasteiger partial charge in [-0.25, -0.2) is 9.78 Å². The van der Waals surface area contributed by atoms with Crippen LogP contribution in [0.4, 0.5) is 0 Å². The molecule has 7 heteroatoms. The third-order valence-electron chi connectivity index (χ3n) is 3.27. The Morgan fingerprint density at radius 1 is 1.32 bits per heavy atom. The number of nitrogens with zero attached hydrogens (tertiary/aromatic N) is 1. The standard InChI is InChI=1S/C18H22N2O4S/c1-4-15(16(21)20-11-13-7-6-10-23-13)25-17-14(8-5-9-19-17)18(22)24-12(2)3/h5-10,12,15H,4,11H2,1-3H3,(H,20,21)/t15-/m0/s1. The van der Waals surface area contributed by atoms with Gasteiger partial charge in [-0.1, -0.05) is 18.7 Å². The first-order valence-corrected chi connectivity index (χ1v) is 9.02. The van der Waals surface area contributed by atoms with E-state index in [0.29, 0.717) is 29.3 Å². The first-order chi connectivity index (χ1) is 12.0. The van der Waals surface area contributed by atoms with E-state index in [1.165, 1.54) is 11.8 Å². The van der Waals surface area contributed by atoms with Crippen LogP contribution in [0.5, 0.6) is 0 Å². The highest BCUT2D eigenvalue weighted by Gasteiger charge is 2.23. The summed E-state index contributed by atoms with van der Waals surface area (Å²) in [5.41, 5.74) is 0.374. The molecule has 0 aliphatic heterocycles. The molecule has 0 aliphatic rings. The number of carbonyl (C=O) groups excluding carboxylic acids is 2. The summed E-state index contributed by atoms with van der Waals surface area (Å²) in [5, 5.41) is 2.97. The molecule has 2 aromatic heterocycles. The molecule has 0 bridgehead atoms. The average Bonchev–Trinajstić information content (AvgIpc) is 3.10. The van der Waals surface area contributed by atoms with Crippen molar-refractivity contribution in [3.05, 3.63) is 48.0 Å². The Hall–Kier alpha value is -2.28. The van der Waals surface area contributed by atoms with E-state index in [9.17, 15) is 9.59 Å². The summed E-state index contributed by atoms with van der Waals surface area (Å²) in [7, 11) is 0. The van der Waals surface area contributed by atoms with Gasteiger partial charge in [0.2, 0.25) is 5.91 Å². The highest BCUT2D eigenvalue weighted by molar-refractivity contribution is 8.00. The van der Waals surface area contributed by atoms with Crippen molar-refractivity contribution in [3.8, 4) is 0 Å². The zero-order valence-electron chi connectivity index (χ0n) is 14.5. The quantitative estimate of drug-likeness (QED) is 0.572. The van der Waals surface area contributed by atoms with Crippen molar-refractivity contribution in [1.82, 2.24) is 10.3 Å². The van der Waals surface area contributed by atoms with Crippen LogP contribution in [0, 0.1) is 0 Å². The molecule has 1 atom stereocenters. The summed E-state index contributed by atoms with van der Waals surface area (Å²) in [6.07, 6.45) is 3.55. The minimum absolute atomic E-state index is 0.127. The smallest absolute Gasteiger partial charge is 0.341 e. The average molecular weight is 362 g/mol. The molecule has 134 valence electrons. The van der Waals surface area contributed by atoms with E-state index >= 15 is 0 Å². The predicted octanol–water partition coefficient (Wildman–Crippen LogP) is 3.43. The Bertz CT molecular complexity index is 701. The number of ether oxygens (including phenoxy) is 1. The molecule has 0 saturated heterocycles. The fraction of sp³-hybridized carbons (Fsp3) is 0.389. The third-order valence-corrected chi connectivity index (χ3v) is 4.65. The molecule has 0 aliphatic carbocycles. The van der Waals surface area contributed by atoms with Gasteiger partial charge in [0.05, 0.1) is 29.7 Å². The Morgan fingerprint density at radius 2 is 2.12 bits per heavy atom. The summed E-state index contributed by atoms with van der Waals surface area (Å²) in [4.78, 5) is 28.9. The largest absolute Gasteiger partial charge is 0.467 e. The van der Waals surface area contributed by atoms with Crippen LogP contribution in [0.15, 0.2) is 46.2 Å². The lowest BCUT2D eigenvalue weighted by atomic mass is 10.3. The minimum atomic E-state index is -0.434. The molecular weight excluding hydrogens is 340 g/mol. The molecule has 0 aromatic carbocycles. The van der Waals surface area contributed by atoms with Gasteiger partial charge in [0, 0.05) is 6.20 Å². The Labute approximate surface area is 151 Å². The number of thioether (sulfide) groups is 1. The molecule has 1 N–H and O–H groups in total. The SMILES string of the molecule is CC[C@H](Sc1ncccc1C(=O)OC(C)C)C(=O)NCc1ccco1. The van der Waals surface area contributed by atoms with Crippen LogP contribution < -0.4 is 5.32 Å². The summed E-state index contributed by atoms with van der Waals surface area (Å²) in [6, 6.07) is 6.91. The van der Waals surface area contributed by atoms with Crippen LogP contribution in [0.1, 0.15) is 43.3 Å². The molecule has 25 heavy (non-hydrogen) atoms. The molecule has 2 heterocycles. The number of esters is 1. The summed E-state index contributed by atoms with van der Waals surface area (Å²) >= 11 is 1.26. The van der Waals surface area contributed by atoms with E-state index in [4.69, 9.17) is 9.15 Å². The second-order valence-electron chi connectivity index (χ2n) is 5.62. The van der Waals surface area contributed by atoms with E-state index in [0.717, 1.165) is 0 Å². The number of pyridine rings is 1. The second-order valence-corrected chi connectivity index (χ2v) is 6.81. The van der Waals surface area contributed by atoms with Gasteiger partial charge in [0.15, 0.2) is 0 Å². The number of amides is 1. The highest BCUT2D eigenvalue weighted by Crippen LogP contribution is 2.27. The van der Waals surface area contributed by atoms with Gasteiger partial charge in [-0.2, -0.15) is 0 Å². The number of hydrogen-bond acceptors (Lipinski definition) is 6. The van der Waals surface area contributed by atoms with Crippen molar-refractivity contribution in [1.29, 1.82) is 0 Å². The molecule has 2 rings (SSSR count). The van der Waals surface area contributed by atoms with Crippen molar-refractivity contribution in [2.24, 2.45) is 0 Å². The van der Waals surface area contributed by atoms with Crippen molar-refractivity contribution in [3.63, 3.8) is 0 Å². The lowest BCUT2D eigenvalue weighted by Crippen LogP contribution is -2.32. The maximum absolute atomic E-state index is 12.4. The van der Waals surface area contributed by atoms with Crippen LogP contribution in [-0.4, -0.2) is 28.2 Å². The van der Waals surface area contributed by atoms with Crippen LogP contribution in [-0.2, 0) is 16.1 Å². The Morgan fingerprint density at radius 3 is 2.76 bits per heavy atom. The van der Waals surface area contributed by atoms with Gasteiger partial charge in [-0.05, 0) is 44.5 Å².